The molecule has 0 spiro atoms. The van der Waals surface area contributed by atoms with Crippen molar-refractivity contribution in [1.29, 1.82) is 0 Å². The third-order valence-electron chi connectivity index (χ3n) is 4.24. The summed E-state index contributed by atoms with van der Waals surface area (Å²) in [6.07, 6.45) is 3.11. The highest BCUT2D eigenvalue weighted by atomic mass is 16.5. The van der Waals surface area contributed by atoms with Crippen LogP contribution in [0.15, 0.2) is 12.3 Å². The minimum atomic E-state index is 0.526. The van der Waals surface area contributed by atoms with Crippen LogP contribution in [-0.4, -0.2) is 54.2 Å². The van der Waals surface area contributed by atoms with Crippen LogP contribution in [0.25, 0.3) is 0 Å². The zero-order valence-electron chi connectivity index (χ0n) is 12.3. The first-order valence-corrected chi connectivity index (χ1v) is 7.73. The molecule has 3 heterocycles. The van der Waals surface area contributed by atoms with Gasteiger partial charge in [-0.15, -0.1) is 0 Å². The highest BCUT2D eigenvalue weighted by Gasteiger charge is 2.25. The minimum Gasteiger partial charge on any atom is -0.381 e. The zero-order valence-corrected chi connectivity index (χ0v) is 12.3. The van der Waals surface area contributed by atoms with E-state index in [0.717, 1.165) is 52.6 Å². The quantitative estimate of drug-likeness (QED) is 0.816. The lowest BCUT2D eigenvalue weighted by atomic mass is 10.1. The van der Waals surface area contributed by atoms with Crippen LogP contribution in [0.1, 0.15) is 19.0 Å². The molecule has 1 aromatic heterocycles. The number of ether oxygens (including phenoxy) is 2. The average molecular weight is 279 g/mol. The van der Waals surface area contributed by atoms with Gasteiger partial charge in [-0.2, -0.15) is 5.10 Å². The molecule has 0 aromatic carbocycles. The van der Waals surface area contributed by atoms with E-state index in [2.05, 4.69) is 27.7 Å². The van der Waals surface area contributed by atoms with Crippen molar-refractivity contribution in [3.8, 4) is 0 Å². The summed E-state index contributed by atoms with van der Waals surface area (Å²) >= 11 is 0. The molecule has 1 aromatic rings. The minimum absolute atomic E-state index is 0.526. The maximum atomic E-state index is 5.65. The fourth-order valence-corrected chi connectivity index (χ4v) is 3.24. The molecule has 2 atom stereocenters. The van der Waals surface area contributed by atoms with Gasteiger partial charge < -0.3 is 9.47 Å². The number of rotatable bonds is 5. The number of nitrogens with zero attached hydrogens (tertiary/aromatic N) is 3. The van der Waals surface area contributed by atoms with Crippen molar-refractivity contribution in [1.82, 2.24) is 14.7 Å². The molecule has 3 rings (SSSR count). The second-order valence-corrected chi connectivity index (χ2v) is 5.95. The smallest absolute Gasteiger partial charge is 0.0524 e. The predicted molar refractivity (Wildman–Crippen MR) is 76.4 cm³/mol. The molecule has 0 N–H and O–H groups in total. The monoisotopic (exact) mass is 279 g/mol. The Kier molecular flexibility index (Phi) is 4.70. The van der Waals surface area contributed by atoms with Gasteiger partial charge in [-0.25, -0.2) is 0 Å². The van der Waals surface area contributed by atoms with Gasteiger partial charge in [-0.1, -0.05) is 0 Å². The fourth-order valence-electron chi connectivity index (χ4n) is 3.24. The van der Waals surface area contributed by atoms with Crippen molar-refractivity contribution < 1.29 is 9.47 Å². The molecule has 1 saturated heterocycles. The molecule has 0 saturated carbocycles. The van der Waals surface area contributed by atoms with Gasteiger partial charge in [0.2, 0.25) is 0 Å². The lowest BCUT2D eigenvalue weighted by molar-refractivity contribution is 0.0807. The second kappa shape index (κ2) is 6.70. The summed E-state index contributed by atoms with van der Waals surface area (Å²) in [5.74, 6) is 1.22. The van der Waals surface area contributed by atoms with Gasteiger partial charge in [0.1, 0.15) is 0 Å². The average Bonchev–Trinajstić information content (AvgIpc) is 3.06. The van der Waals surface area contributed by atoms with Gasteiger partial charge in [0.25, 0.3) is 0 Å². The number of hydrogen-bond acceptors (Lipinski definition) is 4. The molecule has 0 bridgehead atoms. The van der Waals surface area contributed by atoms with Gasteiger partial charge in [-0.3, -0.25) is 9.58 Å². The van der Waals surface area contributed by atoms with Crippen LogP contribution in [0.5, 0.6) is 0 Å². The van der Waals surface area contributed by atoms with Crippen LogP contribution in [0, 0.1) is 11.8 Å². The number of fused-ring (bicyclic) bond motifs is 1. The summed E-state index contributed by atoms with van der Waals surface area (Å²) < 4.78 is 13.3. The summed E-state index contributed by atoms with van der Waals surface area (Å²) in [5.41, 5.74) is 1.32. The Bertz CT molecular complexity index is 415. The molecule has 112 valence electrons. The molecule has 0 radical (unpaired) electrons. The lowest BCUT2D eigenvalue weighted by Gasteiger charge is -2.25. The van der Waals surface area contributed by atoms with Crippen LogP contribution < -0.4 is 0 Å². The number of aromatic nitrogens is 2. The van der Waals surface area contributed by atoms with E-state index in [1.54, 1.807) is 0 Å². The summed E-state index contributed by atoms with van der Waals surface area (Å²) in [5, 5.41) is 4.45. The van der Waals surface area contributed by atoms with E-state index in [1.807, 2.05) is 6.20 Å². The Morgan fingerprint density at radius 3 is 3.15 bits per heavy atom. The van der Waals surface area contributed by atoms with Crippen molar-refractivity contribution in [2.45, 2.75) is 26.4 Å². The van der Waals surface area contributed by atoms with Crippen LogP contribution >= 0.6 is 0 Å². The van der Waals surface area contributed by atoms with Crippen molar-refractivity contribution in [3.63, 3.8) is 0 Å². The molecule has 0 aliphatic carbocycles. The Morgan fingerprint density at radius 1 is 1.40 bits per heavy atom. The van der Waals surface area contributed by atoms with Crippen molar-refractivity contribution in [2.75, 3.05) is 39.5 Å². The molecule has 0 amide bonds. The Balaban J connectivity index is 1.66. The van der Waals surface area contributed by atoms with Crippen LogP contribution in [0.4, 0.5) is 0 Å². The highest BCUT2D eigenvalue weighted by Crippen LogP contribution is 2.20. The second-order valence-electron chi connectivity index (χ2n) is 5.95. The Morgan fingerprint density at radius 2 is 2.35 bits per heavy atom. The standard InChI is InChI=1S/C15H25N3O2/c1-2-19-12-14-8-17(7-13-4-6-20-11-13)10-15-3-5-16-18(15)9-14/h3,5,13-14H,2,4,6-12H2,1H3. The fraction of sp³-hybridized carbons (Fsp3) is 0.800. The largest absolute Gasteiger partial charge is 0.381 e. The first kappa shape index (κ1) is 14.0. The molecule has 5 heteroatoms. The van der Waals surface area contributed by atoms with Crippen molar-refractivity contribution in [2.24, 2.45) is 11.8 Å². The van der Waals surface area contributed by atoms with E-state index >= 15 is 0 Å². The van der Waals surface area contributed by atoms with Gasteiger partial charge >= 0.3 is 0 Å². The van der Waals surface area contributed by atoms with Crippen LogP contribution in [0.3, 0.4) is 0 Å². The SMILES string of the molecule is CCOCC1CN(CC2CCOC2)Cc2ccnn2C1. The molecule has 1 fully saturated rings. The molecule has 2 aliphatic rings. The number of hydrogen-bond donors (Lipinski definition) is 0. The topological polar surface area (TPSA) is 39.5 Å². The highest BCUT2D eigenvalue weighted by molar-refractivity contribution is 5.02. The zero-order chi connectivity index (χ0) is 13.8. The summed E-state index contributed by atoms with van der Waals surface area (Å²) in [4.78, 5) is 2.56. The third kappa shape index (κ3) is 3.40. The van der Waals surface area contributed by atoms with Crippen LogP contribution in [-0.2, 0) is 22.6 Å². The van der Waals surface area contributed by atoms with E-state index in [1.165, 1.54) is 12.1 Å². The molecular weight excluding hydrogens is 254 g/mol. The first-order valence-electron chi connectivity index (χ1n) is 7.73. The summed E-state index contributed by atoms with van der Waals surface area (Å²) in [6.45, 7) is 9.73. The van der Waals surface area contributed by atoms with Crippen LogP contribution in [0.2, 0.25) is 0 Å². The molecule has 2 unspecified atom stereocenters. The Hall–Kier alpha value is -0.910. The lowest BCUT2D eigenvalue weighted by Crippen LogP contribution is -2.34. The van der Waals surface area contributed by atoms with Crippen molar-refractivity contribution in [3.05, 3.63) is 18.0 Å². The summed E-state index contributed by atoms with van der Waals surface area (Å²) in [7, 11) is 0. The predicted octanol–water partition coefficient (Wildman–Crippen LogP) is 1.39. The summed E-state index contributed by atoms with van der Waals surface area (Å²) in [6, 6.07) is 2.14. The molecule has 5 nitrogen and oxygen atoms in total. The van der Waals surface area contributed by atoms with E-state index in [9.17, 15) is 0 Å². The van der Waals surface area contributed by atoms with E-state index in [0.29, 0.717) is 11.8 Å². The molecule has 20 heavy (non-hydrogen) atoms. The van der Waals surface area contributed by atoms with Gasteiger partial charge in [0.05, 0.1) is 18.9 Å². The van der Waals surface area contributed by atoms with E-state index < -0.39 is 0 Å². The first-order chi connectivity index (χ1) is 9.85. The van der Waals surface area contributed by atoms with E-state index in [4.69, 9.17) is 9.47 Å². The maximum Gasteiger partial charge on any atom is 0.0524 e. The van der Waals surface area contributed by atoms with E-state index in [-0.39, 0.29) is 0 Å². The third-order valence-corrected chi connectivity index (χ3v) is 4.24. The van der Waals surface area contributed by atoms with Gasteiger partial charge in [0, 0.05) is 51.5 Å². The molecule has 2 aliphatic heterocycles. The van der Waals surface area contributed by atoms with Gasteiger partial charge in [0.15, 0.2) is 0 Å². The van der Waals surface area contributed by atoms with Gasteiger partial charge in [-0.05, 0) is 25.3 Å². The maximum absolute atomic E-state index is 5.65. The van der Waals surface area contributed by atoms with Crippen molar-refractivity contribution >= 4 is 0 Å². The molecular formula is C15H25N3O2. The Labute approximate surface area is 120 Å². The normalized spacial score (nSPS) is 27.4.